The van der Waals surface area contributed by atoms with Crippen molar-refractivity contribution in [1.29, 1.82) is 0 Å². The third kappa shape index (κ3) is 1.24. The van der Waals surface area contributed by atoms with E-state index in [0.717, 1.165) is 5.70 Å². The maximum Gasteiger partial charge on any atom is 0.135 e. The standard InChI is InChI=1S/C9H13FN2/c1-9(2)3-8(4-11-9)12-5-7(10)6-12/h3-4,7H,5-6H2,1-2H3. The smallest absolute Gasteiger partial charge is 0.135 e. The van der Waals surface area contributed by atoms with E-state index in [1.165, 1.54) is 0 Å². The highest BCUT2D eigenvalue weighted by atomic mass is 19.1. The Hall–Kier alpha value is -0.860. The molecule has 12 heavy (non-hydrogen) atoms. The quantitative estimate of drug-likeness (QED) is 0.577. The average Bonchev–Trinajstić information content (AvgIpc) is 2.23. The number of hydrogen-bond acceptors (Lipinski definition) is 2. The zero-order valence-corrected chi connectivity index (χ0v) is 7.42. The molecule has 2 aliphatic heterocycles. The van der Waals surface area contributed by atoms with E-state index in [9.17, 15) is 4.39 Å². The molecule has 0 aromatic rings. The number of allylic oxidation sites excluding steroid dienone is 1. The lowest BCUT2D eigenvalue weighted by molar-refractivity contribution is 0.105. The summed E-state index contributed by atoms with van der Waals surface area (Å²) in [6.07, 6.45) is 3.29. The molecule has 0 aromatic carbocycles. The van der Waals surface area contributed by atoms with Gasteiger partial charge < -0.3 is 4.90 Å². The fourth-order valence-electron chi connectivity index (χ4n) is 1.48. The molecule has 2 aliphatic rings. The molecule has 0 aromatic heterocycles. The molecule has 0 saturated carbocycles. The molecule has 1 fully saturated rings. The van der Waals surface area contributed by atoms with Crippen LogP contribution in [0.25, 0.3) is 0 Å². The first kappa shape index (κ1) is 7.77. The second kappa shape index (κ2) is 2.31. The second-order valence-electron chi connectivity index (χ2n) is 3.98. The highest BCUT2D eigenvalue weighted by molar-refractivity contribution is 5.81. The number of aliphatic imine (C=N–C) groups is 1. The van der Waals surface area contributed by atoms with Gasteiger partial charge in [-0.3, -0.25) is 4.99 Å². The van der Waals surface area contributed by atoms with Crippen LogP contribution < -0.4 is 0 Å². The van der Waals surface area contributed by atoms with Crippen LogP contribution in [0.1, 0.15) is 13.8 Å². The van der Waals surface area contributed by atoms with Crippen LogP contribution in [0.2, 0.25) is 0 Å². The monoisotopic (exact) mass is 168 g/mol. The molecule has 0 atom stereocenters. The molecule has 66 valence electrons. The molecule has 1 saturated heterocycles. The Morgan fingerprint density at radius 3 is 2.67 bits per heavy atom. The lowest BCUT2D eigenvalue weighted by atomic mass is 10.1. The highest BCUT2D eigenvalue weighted by Crippen LogP contribution is 2.25. The van der Waals surface area contributed by atoms with Gasteiger partial charge in [-0.25, -0.2) is 4.39 Å². The van der Waals surface area contributed by atoms with Gasteiger partial charge in [0.2, 0.25) is 0 Å². The van der Waals surface area contributed by atoms with Crippen LogP contribution >= 0.6 is 0 Å². The fourth-order valence-corrected chi connectivity index (χ4v) is 1.48. The van der Waals surface area contributed by atoms with E-state index in [0.29, 0.717) is 13.1 Å². The predicted molar refractivity (Wildman–Crippen MR) is 47.1 cm³/mol. The van der Waals surface area contributed by atoms with E-state index < -0.39 is 6.17 Å². The summed E-state index contributed by atoms with van der Waals surface area (Å²) in [7, 11) is 0. The molecule has 0 aliphatic carbocycles. The summed E-state index contributed by atoms with van der Waals surface area (Å²) in [4.78, 5) is 6.31. The molecule has 3 heteroatoms. The molecular formula is C9H13FN2. The van der Waals surface area contributed by atoms with Crippen molar-refractivity contribution in [2.45, 2.75) is 25.6 Å². The average molecular weight is 168 g/mol. The Labute approximate surface area is 71.8 Å². The number of alkyl halides is 1. The Morgan fingerprint density at radius 1 is 1.58 bits per heavy atom. The van der Waals surface area contributed by atoms with Gasteiger partial charge in [0.05, 0.1) is 24.3 Å². The summed E-state index contributed by atoms with van der Waals surface area (Å²) in [5.41, 5.74) is 0.991. The Morgan fingerprint density at radius 2 is 2.25 bits per heavy atom. The van der Waals surface area contributed by atoms with E-state index in [1.54, 1.807) is 0 Å². The minimum absolute atomic E-state index is 0.0866. The summed E-state index contributed by atoms with van der Waals surface area (Å²) in [6, 6.07) is 0. The number of rotatable bonds is 1. The largest absolute Gasteiger partial charge is 0.365 e. The molecule has 0 amide bonds. The molecule has 0 unspecified atom stereocenters. The SMILES string of the molecule is CC1(C)C=C(N2CC(F)C2)C=N1. The zero-order valence-electron chi connectivity index (χ0n) is 7.42. The summed E-state index contributed by atoms with van der Waals surface area (Å²) in [6.45, 7) is 5.16. The van der Waals surface area contributed by atoms with Gasteiger partial charge in [-0.2, -0.15) is 0 Å². The molecule has 0 spiro atoms. The van der Waals surface area contributed by atoms with Crippen molar-refractivity contribution in [2.24, 2.45) is 4.99 Å². The van der Waals surface area contributed by atoms with E-state index in [1.807, 2.05) is 25.0 Å². The molecule has 0 bridgehead atoms. The first-order chi connectivity index (χ1) is 5.57. The van der Waals surface area contributed by atoms with Crippen LogP contribution in [0.4, 0.5) is 4.39 Å². The summed E-state index contributed by atoms with van der Waals surface area (Å²) in [5.74, 6) is 0. The van der Waals surface area contributed by atoms with Crippen molar-refractivity contribution < 1.29 is 4.39 Å². The maximum atomic E-state index is 12.5. The third-order valence-electron chi connectivity index (χ3n) is 2.23. The van der Waals surface area contributed by atoms with Gasteiger partial charge in [0.15, 0.2) is 0 Å². The van der Waals surface area contributed by atoms with Crippen molar-refractivity contribution >= 4 is 6.21 Å². The lowest BCUT2D eigenvalue weighted by Gasteiger charge is -2.36. The molecular weight excluding hydrogens is 155 g/mol. The Balaban J connectivity index is 2.04. The summed E-state index contributed by atoms with van der Waals surface area (Å²) in [5, 5.41) is 0. The topological polar surface area (TPSA) is 15.6 Å². The van der Waals surface area contributed by atoms with Crippen LogP contribution in [0.5, 0.6) is 0 Å². The van der Waals surface area contributed by atoms with Crippen LogP contribution in [-0.2, 0) is 0 Å². The zero-order chi connectivity index (χ0) is 8.77. The molecule has 2 rings (SSSR count). The van der Waals surface area contributed by atoms with Crippen molar-refractivity contribution in [3.8, 4) is 0 Å². The molecule has 0 N–H and O–H groups in total. The molecule has 2 heterocycles. The minimum atomic E-state index is -0.636. The van der Waals surface area contributed by atoms with Crippen LogP contribution in [0, 0.1) is 0 Å². The Bertz CT molecular complexity index is 249. The van der Waals surface area contributed by atoms with Crippen LogP contribution in [0.3, 0.4) is 0 Å². The third-order valence-corrected chi connectivity index (χ3v) is 2.23. The van der Waals surface area contributed by atoms with Crippen molar-refractivity contribution in [1.82, 2.24) is 4.90 Å². The second-order valence-corrected chi connectivity index (χ2v) is 3.98. The lowest BCUT2D eigenvalue weighted by Crippen LogP contribution is -2.47. The van der Waals surface area contributed by atoms with Crippen LogP contribution in [-0.4, -0.2) is 35.9 Å². The van der Waals surface area contributed by atoms with E-state index >= 15 is 0 Å². The van der Waals surface area contributed by atoms with Gasteiger partial charge in [-0.15, -0.1) is 0 Å². The van der Waals surface area contributed by atoms with Crippen molar-refractivity contribution in [2.75, 3.05) is 13.1 Å². The number of hydrogen-bond donors (Lipinski definition) is 0. The van der Waals surface area contributed by atoms with Gasteiger partial charge in [-0.05, 0) is 19.9 Å². The van der Waals surface area contributed by atoms with Crippen LogP contribution in [0.15, 0.2) is 16.8 Å². The molecule has 0 radical (unpaired) electrons. The fraction of sp³-hybridized carbons (Fsp3) is 0.667. The Kier molecular flexibility index (Phi) is 1.50. The van der Waals surface area contributed by atoms with Gasteiger partial charge in [0.25, 0.3) is 0 Å². The van der Waals surface area contributed by atoms with E-state index in [-0.39, 0.29) is 5.54 Å². The predicted octanol–water partition coefficient (Wildman–Crippen LogP) is 1.39. The minimum Gasteiger partial charge on any atom is -0.365 e. The van der Waals surface area contributed by atoms with E-state index in [2.05, 4.69) is 11.1 Å². The summed E-state index contributed by atoms with van der Waals surface area (Å²) < 4.78 is 12.5. The maximum absolute atomic E-state index is 12.5. The van der Waals surface area contributed by atoms with Crippen molar-refractivity contribution in [3.05, 3.63) is 11.8 Å². The molecule has 2 nitrogen and oxygen atoms in total. The normalized spacial score (nSPS) is 27.2. The van der Waals surface area contributed by atoms with Gasteiger partial charge in [0, 0.05) is 6.21 Å². The number of nitrogens with zero attached hydrogens (tertiary/aromatic N) is 2. The first-order valence-electron chi connectivity index (χ1n) is 4.24. The van der Waals surface area contributed by atoms with Gasteiger partial charge >= 0.3 is 0 Å². The number of likely N-dealkylation sites (tertiary alicyclic amines) is 1. The first-order valence-corrected chi connectivity index (χ1v) is 4.24. The van der Waals surface area contributed by atoms with Gasteiger partial charge in [-0.1, -0.05) is 0 Å². The van der Waals surface area contributed by atoms with Crippen molar-refractivity contribution in [3.63, 3.8) is 0 Å². The van der Waals surface area contributed by atoms with Gasteiger partial charge in [0.1, 0.15) is 6.17 Å². The highest BCUT2D eigenvalue weighted by Gasteiger charge is 2.30. The number of halogens is 1. The summed E-state index contributed by atoms with van der Waals surface area (Å²) >= 11 is 0. The van der Waals surface area contributed by atoms with E-state index in [4.69, 9.17) is 0 Å².